The second kappa shape index (κ2) is 6.94. The summed E-state index contributed by atoms with van der Waals surface area (Å²) in [5.74, 6) is -0.894. The maximum Gasteiger partial charge on any atom is 0.298 e. The number of amides is 1. The molecule has 8 heteroatoms. The summed E-state index contributed by atoms with van der Waals surface area (Å²) in [7, 11) is 2.89. The molecule has 1 aliphatic rings. The van der Waals surface area contributed by atoms with Gasteiger partial charge in [-0.1, -0.05) is 6.07 Å². The molecule has 1 aliphatic heterocycles. The molecular formula is C19H18N6O2. The largest absolute Gasteiger partial charge is 0.361 e. The Labute approximate surface area is 156 Å². The van der Waals surface area contributed by atoms with Crippen molar-refractivity contribution in [2.45, 2.75) is 19.8 Å². The lowest BCUT2D eigenvalue weighted by Crippen LogP contribution is -2.26. The summed E-state index contributed by atoms with van der Waals surface area (Å²) in [6.07, 6.45) is 0. The predicted octanol–water partition coefficient (Wildman–Crippen LogP) is 2.48. The van der Waals surface area contributed by atoms with Crippen molar-refractivity contribution in [3.05, 3.63) is 52.0 Å². The standard InChI is InChI=1S/C19H18N6O2/c1-10-14(8-20)17(15(9-21)11(2)22-10)12-5-6-16-13(7-12)18(24-23-16)19(26)25(3)27-4/h5-7,17,22H,1-4H3,(H,23,24). The van der Waals surface area contributed by atoms with Crippen molar-refractivity contribution in [2.24, 2.45) is 0 Å². The Bertz CT molecular complexity index is 1040. The Hall–Kier alpha value is -3.62. The zero-order valence-corrected chi connectivity index (χ0v) is 15.4. The second-order valence-electron chi connectivity index (χ2n) is 6.22. The number of rotatable bonds is 3. The van der Waals surface area contributed by atoms with E-state index in [4.69, 9.17) is 4.84 Å². The number of H-pyrrole nitrogens is 1. The van der Waals surface area contributed by atoms with Gasteiger partial charge in [0.1, 0.15) is 0 Å². The minimum atomic E-state index is -0.497. The van der Waals surface area contributed by atoms with E-state index in [1.54, 1.807) is 12.1 Å². The lowest BCUT2D eigenvalue weighted by atomic mass is 9.81. The van der Waals surface area contributed by atoms with Crippen molar-refractivity contribution in [1.82, 2.24) is 20.6 Å². The van der Waals surface area contributed by atoms with E-state index in [-0.39, 0.29) is 5.69 Å². The topological polar surface area (TPSA) is 118 Å². The highest BCUT2D eigenvalue weighted by molar-refractivity contribution is 6.04. The minimum absolute atomic E-state index is 0.212. The fourth-order valence-electron chi connectivity index (χ4n) is 3.23. The molecule has 2 N–H and O–H groups in total. The summed E-state index contributed by atoms with van der Waals surface area (Å²) >= 11 is 0. The van der Waals surface area contributed by atoms with Gasteiger partial charge in [-0.15, -0.1) is 0 Å². The molecule has 0 saturated heterocycles. The molecule has 1 amide bonds. The van der Waals surface area contributed by atoms with Crippen LogP contribution >= 0.6 is 0 Å². The number of hydrogen-bond donors (Lipinski definition) is 2. The average molecular weight is 362 g/mol. The highest BCUT2D eigenvalue weighted by atomic mass is 16.7. The van der Waals surface area contributed by atoms with Crippen LogP contribution in [-0.4, -0.2) is 35.3 Å². The molecule has 0 spiro atoms. The van der Waals surface area contributed by atoms with Crippen LogP contribution in [0.2, 0.25) is 0 Å². The fourth-order valence-corrected chi connectivity index (χ4v) is 3.23. The molecule has 0 fully saturated rings. The van der Waals surface area contributed by atoms with Gasteiger partial charge in [0, 0.05) is 23.8 Å². The van der Waals surface area contributed by atoms with Gasteiger partial charge >= 0.3 is 0 Å². The number of hydroxylamine groups is 2. The van der Waals surface area contributed by atoms with Crippen LogP contribution in [0, 0.1) is 22.7 Å². The van der Waals surface area contributed by atoms with Gasteiger partial charge in [-0.2, -0.15) is 15.6 Å². The highest BCUT2D eigenvalue weighted by Crippen LogP contribution is 2.38. The molecule has 1 aromatic carbocycles. The molecule has 0 unspecified atom stereocenters. The maximum atomic E-state index is 12.5. The van der Waals surface area contributed by atoms with Crippen LogP contribution in [0.5, 0.6) is 0 Å². The van der Waals surface area contributed by atoms with Crippen LogP contribution in [0.15, 0.2) is 40.7 Å². The highest BCUT2D eigenvalue weighted by Gasteiger charge is 2.30. The monoisotopic (exact) mass is 362 g/mol. The van der Waals surface area contributed by atoms with Gasteiger partial charge in [0.05, 0.1) is 41.8 Å². The SMILES string of the molecule is CON(C)C(=O)c1n[nH]c2ccc(C3C(C#N)=C(C)NC(C)=C3C#N)cc12. The van der Waals surface area contributed by atoms with E-state index in [0.29, 0.717) is 33.4 Å². The number of aromatic nitrogens is 2. The first-order valence-electron chi connectivity index (χ1n) is 8.21. The number of allylic oxidation sites excluding steroid dienone is 4. The molecule has 0 aliphatic carbocycles. The summed E-state index contributed by atoms with van der Waals surface area (Å²) in [6.45, 7) is 3.62. The molecule has 0 saturated carbocycles. The molecule has 136 valence electrons. The van der Waals surface area contributed by atoms with Crippen LogP contribution in [0.1, 0.15) is 35.8 Å². The quantitative estimate of drug-likeness (QED) is 0.810. The minimum Gasteiger partial charge on any atom is -0.361 e. The summed E-state index contributed by atoms with van der Waals surface area (Å²) in [4.78, 5) is 17.4. The molecule has 27 heavy (non-hydrogen) atoms. The maximum absolute atomic E-state index is 12.5. The van der Waals surface area contributed by atoms with Crippen LogP contribution in [0.25, 0.3) is 10.9 Å². The first-order chi connectivity index (χ1) is 12.9. The summed E-state index contributed by atoms with van der Waals surface area (Å²) in [5, 5.41) is 31.0. The molecule has 3 rings (SSSR count). The molecular weight excluding hydrogens is 344 g/mol. The number of benzene rings is 1. The van der Waals surface area contributed by atoms with Crippen molar-refractivity contribution in [2.75, 3.05) is 14.2 Å². The summed E-state index contributed by atoms with van der Waals surface area (Å²) in [6, 6.07) is 9.83. The number of nitrogens with one attached hydrogen (secondary N) is 2. The molecule has 1 aromatic heterocycles. The number of fused-ring (bicyclic) bond motifs is 1. The number of hydrogen-bond acceptors (Lipinski definition) is 6. The predicted molar refractivity (Wildman–Crippen MR) is 97.7 cm³/mol. The van der Waals surface area contributed by atoms with Crippen molar-refractivity contribution in [3.8, 4) is 12.1 Å². The third-order valence-corrected chi connectivity index (χ3v) is 4.68. The van der Waals surface area contributed by atoms with Crippen molar-refractivity contribution in [3.63, 3.8) is 0 Å². The number of carbonyl (C=O) groups excluding carboxylic acids is 1. The van der Waals surface area contributed by atoms with Crippen LogP contribution in [-0.2, 0) is 4.84 Å². The number of carbonyl (C=O) groups is 1. The van der Waals surface area contributed by atoms with Gasteiger partial charge in [0.25, 0.3) is 5.91 Å². The van der Waals surface area contributed by atoms with Gasteiger partial charge in [0.2, 0.25) is 0 Å². The lowest BCUT2D eigenvalue weighted by molar-refractivity contribution is -0.0759. The zero-order valence-electron chi connectivity index (χ0n) is 15.4. The molecule has 0 radical (unpaired) electrons. The first kappa shape index (κ1) is 18.2. The molecule has 0 atom stereocenters. The average Bonchev–Trinajstić information content (AvgIpc) is 3.09. The van der Waals surface area contributed by atoms with E-state index >= 15 is 0 Å². The van der Waals surface area contributed by atoms with E-state index < -0.39 is 11.8 Å². The van der Waals surface area contributed by atoms with E-state index in [1.807, 2.05) is 19.9 Å². The summed E-state index contributed by atoms with van der Waals surface area (Å²) < 4.78 is 0. The van der Waals surface area contributed by atoms with Crippen LogP contribution in [0.3, 0.4) is 0 Å². The lowest BCUT2D eigenvalue weighted by Gasteiger charge is -2.26. The normalized spacial score (nSPS) is 14.7. The van der Waals surface area contributed by atoms with E-state index in [1.165, 1.54) is 14.2 Å². The number of dihydropyridines is 1. The summed E-state index contributed by atoms with van der Waals surface area (Å²) in [5.41, 5.74) is 4.00. The first-order valence-corrected chi connectivity index (χ1v) is 8.21. The van der Waals surface area contributed by atoms with Gasteiger partial charge in [0.15, 0.2) is 5.69 Å². The van der Waals surface area contributed by atoms with Gasteiger partial charge in [-0.3, -0.25) is 14.7 Å². The van der Waals surface area contributed by atoms with Crippen molar-refractivity contribution >= 4 is 16.8 Å². The number of nitriles is 2. The van der Waals surface area contributed by atoms with Crippen LogP contribution < -0.4 is 5.32 Å². The molecule has 0 bridgehead atoms. The number of aromatic amines is 1. The van der Waals surface area contributed by atoms with Crippen LogP contribution in [0.4, 0.5) is 0 Å². The fraction of sp³-hybridized carbons (Fsp3) is 0.263. The van der Waals surface area contributed by atoms with Gasteiger partial charge < -0.3 is 5.32 Å². The zero-order chi connectivity index (χ0) is 19.7. The third-order valence-electron chi connectivity index (χ3n) is 4.68. The second-order valence-corrected chi connectivity index (χ2v) is 6.22. The Morgan fingerprint density at radius 1 is 1.22 bits per heavy atom. The van der Waals surface area contributed by atoms with E-state index in [2.05, 4.69) is 27.7 Å². The van der Waals surface area contributed by atoms with Gasteiger partial charge in [-0.05, 0) is 31.5 Å². The Morgan fingerprint density at radius 3 is 2.41 bits per heavy atom. The smallest absolute Gasteiger partial charge is 0.298 e. The Balaban J connectivity index is 2.19. The van der Waals surface area contributed by atoms with Crippen molar-refractivity contribution < 1.29 is 9.63 Å². The molecule has 8 nitrogen and oxygen atoms in total. The number of nitrogens with zero attached hydrogens (tertiary/aromatic N) is 4. The Morgan fingerprint density at radius 2 is 1.85 bits per heavy atom. The van der Waals surface area contributed by atoms with E-state index in [9.17, 15) is 15.3 Å². The van der Waals surface area contributed by atoms with Gasteiger partial charge in [-0.25, -0.2) is 5.06 Å². The molecule has 2 aromatic rings. The van der Waals surface area contributed by atoms with E-state index in [0.717, 1.165) is 10.6 Å². The molecule has 2 heterocycles. The Kier molecular flexibility index (Phi) is 4.68. The van der Waals surface area contributed by atoms with Crippen molar-refractivity contribution in [1.29, 1.82) is 10.5 Å². The third kappa shape index (κ3) is 2.92.